The van der Waals surface area contributed by atoms with Gasteiger partial charge in [-0.3, -0.25) is 0 Å². The van der Waals surface area contributed by atoms with E-state index in [1.165, 1.54) is 22.3 Å². The molecule has 164 valence electrons. The molecule has 32 heavy (non-hydrogen) atoms. The summed E-state index contributed by atoms with van der Waals surface area (Å²) in [5.41, 5.74) is 6.89. The van der Waals surface area contributed by atoms with Crippen molar-refractivity contribution in [2.24, 2.45) is 5.18 Å². The van der Waals surface area contributed by atoms with Gasteiger partial charge in [-0.1, -0.05) is 78.0 Å². The van der Waals surface area contributed by atoms with Gasteiger partial charge in [0.1, 0.15) is 0 Å². The predicted molar refractivity (Wildman–Crippen MR) is 124 cm³/mol. The van der Waals surface area contributed by atoms with Crippen LogP contribution in [0.2, 0.25) is 0 Å². The lowest BCUT2D eigenvalue weighted by Gasteiger charge is -2.39. The van der Waals surface area contributed by atoms with Crippen LogP contribution in [0.15, 0.2) is 94.7 Å². The van der Waals surface area contributed by atoms with Gasteiger partial charge < -0.3 is 14.6 Å². The van der Waals surface area contributed by atoms with E-state index < -0.39 is 17.9 Å². The molecule has 2 saturated heterocycles. The van der Waals surface area contributed by atoms with Gasteiger partial charge in [-0.05, 0) is 40.7 Å². The molecule has 5 rings (SSSR count). The number of allylic oxidation sites excluding steroid dienone is 4. The van der Waals surface area contributed by atoms with Crippen LogP contribution in [0.4, 0.5) is 0 Å². The molecular formula is C27H27NO4. The van der Waals surface area contributed by atoms with Crippen LogP contribution in [0.25, 0.3) is 11.1 Å². The van der Waals surface area contributed by atoms with Crippen molar-refractivity contribution in [2.75, 3.05) is 13.2 Å². The number of hydrogen-bond donors (Lipinski definition) is 1. The quantitative estimate of drug-likeness (QED) is 0.671. The molecule has 5 heteroatoms. The predicted octanol–water partition coefficient (Wildman–Crippen LogP) is 5.11. The van der Waals surface area contributed by atoms with Crippen molar-refractivity contribution in [1.29, 1.82) is 0 Å². The third-order valence-electron chi connectivity index (χ3n) is 6.51. The Morgan fingerprint density at radius 3 is 2.56 bits per heavy atom. The van der Waals surface area contributed by atoms with Crippen LogP contribution in [0.3, 0.4) is 0 Å². The fraction of sp³-hybridized carbons (Fsp3) is 0.333. The number of nitroso groups, excluding NO2 is 1. The normalized spacial score (nSPS) is 27.2. The molecule has 2 aromatic rings. The molecule has 2 fully saturated rings. The van der Waals surface area contributed by atoms with E-state index in [9.17, 15) is 10.0 Å². The lowest BCUT2D eigenvalue weighted by Crippen LogP contribution is -2.47. The first kappa shape index (κ1) is 21.0. The minimum absolute atomic E-state index is 0.153. The highest BCUT2D eigenvalue weighted by molar-refractivity contribution is 5.63. The lowest BCUT2D eigenvalue weighted by molar-refractivity contribution is -0.246. The molecule has 1 aliphatic carbocycles. The topological polar surface area (TPSA) is 68.1 Å². The van der Waals surface area contributed by atoms with Gasteiger partial charge in [0.15, 0.2) is 5.79 Å². The summed E-state index contributed by atoms with van der Waals surface area (Å²) in [7, 11) is 0. The number of aliphatic hydroxyl groups is 1. The largest absolute Gasteiger partial charge is 0.394 e. The van der Waals surface area contributed by atoms with Gasteiger partial charge in [0, 0.05) is 18.4 Å². The maximum Gasteiger partial charge on any atom is 0.198 e. The van der Waals surface area contributed by atoms with E-state index in [1.807, 2.05) is 6.07 Å². The first-order valence-electron chi connectivity index (χ1n) is 11.2. The maximum absolute atomic E-state index is 11.3. The Bertz CT molecular complexity index is 1070. The van der Waals surface area contributed by atoms with E-state index in [1.54, 1.807) is 0 Å². The fourth-order valence-corrected chi connectivity index (χ4v) is 4.89. The van der Waals surface area contributed by atoms with Gasteiger partial charge in [-0.15, -0.1) is 0 Å². The van der Waals surface area contributed by atoms with Crippen molar-refractivity contribution in [3.8, 4) is 11.1 Å². The Morgan fingerprint density at radius 2 is 1.81 bits per heavy atom. The Hall–Kier alpha value is -2.86. The molecule has 0 radical (unpaired) electrons. The van der Waals surface area contributed by atoms with E-state index in [-0.39, 0.29) is 6.61 Å². The zero-order valence-corrected chi connectivity index (χ0v) is 17.9. The second kappa shape index (κ2) is 8.94. The van der Waals surface area contributed by atoms with E-state index in [2.05, 4.69) is 71.9 Å². The highest BCUT2D eigenvalue weighted by Crippen LogP contribution is 2.46. The third kappa shape index (κ3) is 4.11. The van der Waals surface area contributed by atoms with Gasteiger partial charge in [0.25, 0.3) is 0 Å². The Labute approximate surface area is 188 Å². The van der Waals surface area contributed by atoms with Crippen molar-refractivity contribution >= 4 is 0 Å². The summed E-state index contributed by atoms with van der Waals surface area (Å²) in [6, 6.07) is 18.6. The summed E-state index contributed by atoms with van der Waals surface area (Å²) in [5.74, 6) is -1.00. The van der Waals surface area contributed by atoms with Crippen LogP contribution in [0.1, 0.15) is 24.8 Å². The van der Waals surface area contributed by atoms with Crippen LogP contribution in [0.5, 0.6) is 0 Å². The number of nitrogens with zero attached hydrogens (tertiary/aromatic N) is 1. The van der Waals surface area contributed by atoms with E-state index in [0.717, 1.165) is 24.0 Å². The van der Waals surface area contributed by atoms with E-state index >= 15 is 0 Å². The first-order chi connectivity index (χ1) is 15.7. The molecule has 2 aromatic carbocycles. The Balaban J connectivity index is 1.39. The molecule has 3 atom stereocenters. The van der Waals surface area contributed by atoms with Crippen molar-refractivity contribution in [3.63, 3.8) is 0 Å². The summed E-state index contributed by atoms with van der Waals surface area (Å²) < 4.78 is 12.3. The van der Waals surface area contributed by atoms with Crippen molar-refractivity contribution in [1.82, 2.24) is 0 Å². The Kier molecular flexibility index (Phi) is 5.87. The molecule has 5 nitrogen and oxygen atoms in total. The molecule has 0 saturated carbocycles. The van der Waals surface area contributed by atoms with Crippen molar-refractivity contribution in [2.45, 2.75) is 43.6 Å². The van der Waals surface area contributed by atoms with Crippen molar-refractivity contribution in [3.05, 3.63) is 100 Å². The molecule has 0 amide bonds. The average molecular weight is 430 g/mol. The van der Waals surface area contributed by atoms with Crippen LogP contribution < -0.4 is 0 Å². The summed E-state index contributed by atoms with van der Waals surface area (Å²) >= 11 is 0. The molecule has 1 spiro atoms. The lowest BCUT2D eigenvalue weighted by atomic mass is 9.88. The number of rotatable bonds is 5. The molecule has 2 heterocycles. The smallest absolute Gasteiger partial charge is 0.198 e. The second-order valence-electron chi connectivity index (χ2n) is 8.70. The van der Waals surface area contributed by atoms with Crippen LogP contribution in [-0.2, 0) is 15.9 Å². The minimum Gasteiger partial charge on any atom is -0.394 e. The highest BCUT2D eigenvalue weighted by Gasteiger charge is 2.50. The molecule has 2 aliphatic heterocycles. The van der Waals surface area contributed by atoms with Gasteiger partial charge in [-0.25, -0.2) is 0 Å². The molecule has 3 aliphatic rings. The molecule has 2 unspecified atom stereocenters. The Morgan fingerprint density at radius 1 is 1.03 bits per heavy atom. The minimum atomic E-state index is -1.00. The van der Waals surface area contributed by atoms with Crippen LogP contribution in [-0.4, -0.2) is 36.3 Å². The first-order valence-corrected chi connectivity index (χ1v) is 11.2. The van der Waals surface area contributed by atoms with Gasteiger partial charge in [0.2, 0.25) is 0 Å². The number of ether oxygens (including phenoxy) is 2. The van der Waals surface area contributed by atoms with Gasteiger partial charge in [-0.2, -0.15) is 4.91 Å². The van der Waals surface area contributed by atoms with Crippen molar-refractivity contribution < 1.29 is 14.6 Å². The standard InChI is InChI=1S/C27H27NO4/c29-17-25-15-24(28-30)16-27(32-25)26-14-20(5-4-8-23(26)18-31-27)13-19-9-11-22(12-10-19)21-6-2-1-3-7-21/h1-3,5-12,14,24-25,29H,4,13,15-18H2/t24?,25?,27-/m1/s1. The summed E-state index contributed by atoms with van der Waals surface area (Å²) in [6.07, 6.45) is 8.54. The van der Waals surface area contributed by atoms with Gasteiger partial charge >= 0.3 is 0 Å². The highest BCUT2D eigenvalue weighted by atomic mass is 16.7. The zero-order valence-electron chi connectivity index (χ0n) is 17.9. The summed E-state index contributed by atoms with van der Waals surface area (Å²) in [6.45, 7) is 0.294. The summed E-state index contributed by atoms with van der Waals surface area (Å²) in [5, 5.41) is 12.9. The average Bonchev–Trinajstić information content (AvgIpc) is 3.01. The summed E-state index contributed by atoms with van der Waals surface area (Å²) in [4.78, 5) is 11.3. The van der Waals surface area contributed by atoms with E-state index in [4.69, 9.17) is 9.47 Å². The molecule has 0 aromatic heterocycles. The number of fused-ring (bicyclic) bond motifs is 2. The van der Waals surface area contributed by atoms with Gasteiger partial charge in [0.05, 0.1) is 25.4 Å². The fourth-order valence-electron chi connectivity index (χ4n) is 4.89. The van der Waals surface area contributed by atoms with E-state index in [0.29, 0.717) is 19.4 Å². The SMILES string of the molecule is O=NC1CC(CO)O[C@@]2(C1)OCC1=CCC=C(Cc3ccc(-c4ccccc4)cc3)C=C12. The number of benzene rings is 2. The monoisotopic (exact) mass is 429 g/mol. The zero-order chi connectivity index (χ0) is 22.0. The molecular weight excluding hydrogens is 402 g/mol. The maximum atomic E-state index is 11.3. The van der Waals surface area contributed by atoms with Crippen LogP contribution in [0, 0.1) is 4.91 Å². The second-order valence-corrected chi connectivity index (χ2v) is 8.70. The molecule has 0 bridgehead atoms. The number of aliphatic hydroxyl groups excluding tert-OH is 1. The number of hydrogen-bond acceptors (Lipinski definition) is 5. The third-order valence-corrected chi connectivity index (χ3v) is 6.51. The van der Waals surface area contributed by atoms with Crippen LogP contribution >= 0.6 is 0 Å². The molecule has 1 N–H and O–H groups in total.